The number of nitrogens with zero attached hydrogens (tertiary/aromatic N) is 2. The number of halogens is 2. The minimum absolute atomic E-state index is 0. The standard InChI is InChI=1S/C16H22FN3.HI/c1-18-15(20-9-2-3-10-20)19-12-16(7-8-16)13-5-4-6-14(17)11-13;/h4-6,11H,2-3,7-10,12H2,1H3,(H,18,19);1H. The lowest BCUT2D eigenvalue weighted by atomic mass is 9.96. The lowest BCUT2D eigenvalue weighted by molar-refractivity contribution is 0.485. The van der Waals surface area contributed by atoms with Gasteiger partial charge in [-0.2, -0.15) is 0 Å². The van der Waals surface area contributed by atoms with Crippen LogP contribution in [0.4, 0.5) is 4.39 Å². The number of benzene rings is 1. The summed E-state index contributed by atoms with van der Waals surface area (Å²) in [7, 11) is 1.84. The van der Waals surface area contributed by atoms with Crippen LogP contribution in [0.1, 0.15) is 31.2 Å². The molecule has 1 saturated heterocycles. The number of aliphatic imine (C=N–C) groups is 1. The average molecular weight is 403 g/mol. The molecule has 1 aromatic carbocycles. The lowest BCUT2D eigenvalue weighted by Crippen LogP contribution is -2.42. The Morgan fingerprint density at radius 3 is 2.62 bits per heavy atom. The summed E-state index contributed by atoms with van der Waals surface area (Å²) in [5.74, 6) is 0.850. The van der Waals surface area contributed by atoms with Crippen molar-refractivity contribution in [3.05, 3.63) is 35.6 Å². The maximum Gasteiger partial charge on any atom is 0.193 e. The number of rotatable bonds is 3. The molecule has 2 fully saturated rings. The number of likely N-dealkylation sites (tertiary alicyclic amines) is 1. The van der Waals surface area contributed by atoms with Crippen molar-refractivity contribution in [1.29, 1.82) is 0 Å². The quantitative estimate of drug-likeness (QED) is 0.477. The molecule has 1 N–H and O–H groups in total. The molecule has 1 saturated carbocycles. The van der Waals surface area contributed by atoms with Gasteiger partial charge in [-0.1, -0.05) is 12.1 Å². The maximum atomic E-state index is 13.4. The van der Waals surface area contributed by atoms with Crippen LogP contribution in [0.3, 0.4) is 0 Å². The summed E-state index contributed by atoms with van der Waals surface area (Å²) in [4.78, 5) is 6.68. The van der Waals surface area contributed by atoms with Gasteiger partial charge in [0.2, 0.25) is 0 Å². The van der Waals surface area contributed by atoms with E-state index in [2.05, 4.69) is 15.2 Å². The molecule has 0 aromatic heterocycles. The van der Waals surface area contributed by atoms with Crippen molar-refractivity contribution >= 4 is 29.9 Å². The smallest absolute Gasteiger partial charge is 0.193 e. The highest BCUT2D eigenvalue weighted by Gasteiger charge is 2.44. The Morgan fingerprint density at radius 2 is 2.05 bits per heavy atom. The van der Waals surface area contributed by atoms with Crippen molar-refractivity contribution in [3.63, 3.8) is 0 Å². The van der Waals surface area contributed by atoms with Gasteiger partial charge in [-0.3, -0.25) is 4.99 Å². The molecule has 0 spiro atoms. The van der Waals surface area contributed by atoms with Crippen LogP contribution in [0.2, 0.25) is 0 Å². The summed E-state index contributed by atoms with van der Waals surface area (Å²) in [5.41, 5.74) is 1.22. The molecular formula is C16H23FIN3. The highest BCUT2D eigenvalue weighted by atomic mass is 127. The van der Waals surface area contributed by atoms with Crippen LogP contribution in [-0.2, 0) is 5.41 Å². The van der Waals surface area contributed by atoms with Crippen LogP contribution in [-0.4, -0.2) is 37.5 Å². The first-order valence-corrected chi connectivity index (χ1v) is 7.45. The summed E-state index contributed by atoms with van der Waals surface area (Å²) in [5, 5.41) is 3.49. The molecule has 0 unspecified atom stereocenters. The summed E-state index contributed by atoms with van der Waals surface area (Å²) in [6.07, 6.45) is 4.74. The molecule has 5 heteroatoms. The van der Waals surface area contributed by atoms with Gasteiger partial charge in [0.15, 0.2) is 5.96 Å². The molecule has 2 aliphatic rings. The number of hydrogen-bond acceptors (Lipinski definition) is 1. The molecule has 0 bridgehead atoms. The van der Waals surface area contributed by atoms with Crippen LogP contribution >= 0.6 is 24.0 Å². The minimum Gasteiger partial charge on any atom is -0.355 e. The molecule has 1 heterocycles. The fourth-order valence-electron chi connectivity index (χ4n) is 3.05. The highest BCUT2D eigenvalue weighted by molar-refractivity contribution is 14.0. The Kier molecular flexibility index (Phi) is 5.46. The van der Waals surface area contributed by atoms with E-state index >= 15 is 0 Å². The maximum absolute atomic E-state index is 13.4. The van der Waals surface area contributed by atoms with E-state index in [0.29, 0.717) is 0 Å². The summed E-state index contributed by atoms with van der Waals surface area (Å²) >= 11 is 0. The third-order valence-corrected chi connectivity index (χ3v) is 4.49. The second-order valence-corrected chi connectivity index (χ2v) is 5.89. The van der Waals surface area contributed by atoms with Gasteiger partial charge in [-0.05, 0) is 43.4 Å². The van der Waals surface area contributed by atoms with Crippen molar-refractivity contribution in [2.45, 2.75) is 31.1 Å². The number of nitrogens with one attached hydrogen (secondary N) is 1. The molecule has 21 heavy (non-hydrogen) atoms. The molecule has 3 nitrogen and oxygen atoms in total. The zero-order valence-electron chi connectivity index (χ0n) is 12.4. The summed E-state index contributed by atoms with van der Waals surface area (Å²) < 4.78 is 13.4. The molecule has 3 rings (SSSR count). The molecule has 1 aliphatic heterocycles. The Hall–Kier alpha value is -0.850. The van der Waals surface area contributed by atoms with Crippen molar-refractivity contribution in [3.8, 4) is 0 Å². The average Bonchev–Trinajstić information content (AvgIpc) is 3.05. The van der Waals surface area contributed by atoms with Gasteiger partial charge in [-0.15, -0.1) is 24.0 Å². The van der Waals surface area contributed by atoms with Crippen LogP contribution in [0.25, 0.3) is 0 Å². The fourth-order valence-corrected chi connectivity index (χ4v) is 3.05. The first kappa shape index (κ1) is 16.5. The van der Waals surface area contributed by atoms with E-state index in [0.717, 1.165) is 44.0 Å². The number of guanidine groups is 1. The Labute approximate surface area is 143 Å². The van der Waals surface area contributed by atoms with Gasteiger partial charge in [0.1, 0.15) is 5.82 Å². The first-order chi connectivity index (χ1) is 9.73. The van der Waals surface area contributed by atoms with E-state index < -0.39 is 0 Å². The largest absolute Gasteiger partial charge is 0.355 e. The Morgan fingerprint density at radius 1 is 1.33 bits per heavy atom. The van der Waals surface area contributed by atoms with Crippen molar-refractivity contribution < 1.29 is 4.39 Å². The van der Waals surface area contributed by atoms with Crippen LogP contribution in [0, 0.1) is 5.82 Å². The second kappa shape index (κ2) is 6.94. The molecule has 0 radical (unpaired) electrons. The van der Waals surface area contributed by atoms with Gasteiger partial charge in [0, 0.05) is 32.1 Å². The third kappa shape index (κ3) is 3.67. The van der Waals surface area contributed by atoms with Crippen LogP contribution in [0.15, 0.2) is 29.3 Å². The van der Waals surface area contributed by atoms with E-state index in [9.17, 15) is 4.39 Å². The normalized spacial score (nSPS) is 20.1. The predicted octanol–water partition coefficient (Wildman–Crippen LogP) is 3.15. The fraction of sp³-hybridized carbons (Fsp3) is 0.562. The second-order valence-electron chi connectivity index (χ2n) is 5.89. The van der Waals surface area contributed by atoms with E-state index in [1.165, 1.54) is 18.9 Å². The van der Waals surface area contributed by atoms with E-state index in [-0.39, 0.29) is 35.2 Å². The van der Waals surface area contributed by atoms with Gasteiger partial charge in [0.05, 0.1) is 0 Å². The van der Waals surface area contributed by atoms with E-state index in [1.807, 2.05) is 13.1 Å². The molecular weight excluding hydrogens is 380 g/mol. The monoisotopic (exact) mass is 403 g/mol. The molecule has 116 valence electrons. The predicted molar refractivity (Wildman–Crippen MR) is 94.9 cm³/mol. The zero-order chi connectivity index (χ0) is 14.0. The molecule has 1 aliphatic carbocycles. The van der Waals surface area contributed by atoms with E-state index in [4.69, 9.17) is 0 Å². The molecule has 0 amide bonds. The molecule has 1 aromatic rings. The van der Waals surface area contributed by atoms with Gasteiger partial charge < -0.3 is 10.2 Å². The number of hydrogen-bond donors (Lipinski definition) is 1. The SMILES string of the molecule is CN=C(NCC1(c2cccc(F)c2)CC1)N1CCCC1.I. The topological polar surface area (TPSA) is 27.6 Å². The van der Waals surface area contributed by atoms with E-state index in [1.54, 1.807) is 12.1 Å². The van der Waals surface area contributed by atoms with Crippen molar-refractivity contribution in [1.82, 2.24) is 10.2 Å². The van der Waals surface area contributed by atoms with Crippen molar-refractivity contribution in [2.24, 2.45) is 4.99 Å². The summed E-state index contributed by atoms with van der Waals surface area (Å²) in [6, 6.07) is 7.03. The summed E-state index contributed by atoms with van der Waals surface area (Å²) in [6.45, 7) is 3.03. The van der Waals surface area contributed by atoms with Crippen LogP contribution in [0.5, 0.6) is 0 Å². The first-order valence-electron chi connectivity index (χ1n) is 7.45. The highest BCUT2D eigenvalue weighted by Crippen LogP contribution is 2.47. The Bertz CT molecular complexity index is 508. The third-order valence-electron chi connectivity index (χ3n) is 4.49. The lowest BCUT2D eigenvalue weighted by Gasteiger charge is -2.24. The zero-order valence-corrected chi connectivity index (χ0v) is 14.8. The van der Waals surface area contributed by atoms with Crippen molar-refractivity contribution in [2.75, 3.05) is 26.7 Å². The Balaban J connectivity index is 0.00000161. The van der Waals surface area contributed by atoms with Gasteiger partial charge >= 0.3 is 0 Å². The van der Waals surface area contributed by atoms with Gasteiger partial charge in [0.25, 0.3) is 0 Å². The molecule has 0 atom stereocenters. The van der Waals surface area contributed by atoms with Crippen LogP contribution < -0.4 is 5.32 Å². The minimum atomic E-state index is -0.141. The van der Waals surface area contributed by atoms with Gasteiger partial charge in [-0.25, -0.2) is 4.39 Å².